The third-order valence-electron chi connectivity index (χ3n) is 5.41. The Bertz CT molecular complexity index is 961. The van der Waals surface area contributed by atoms with E-state index in [1.807, 2.05) is 0 Å². The van der Waals surface area contributed by atoms with Crippen molar-refractivity contribution in [2.24, 2.45) is 0 Å². The highest BCUT2D eigenvalue weighted by Crippen LogP contribution is 2.34. The molecule has 0 saturated carbocycles. The van der Waals surface area contributed by atoms with Gasteiger partial charge < -0.3 is 0 Å². The van der Waals surface area contributed by atoms with E-state index in [0.717, 1.165) is 17.7 Å². The Hall–Kier alpha value is -2.94. The summed E-state index contributed by atoms with van der Waals surface area (Å²) in [7, 11) is 0. The minimum absolute atomic E-state index is 0.271. The van der Waals surface area contributed by atoms with Gasteiger partial charge in [0.25, 0.3) is 11.8 Å². The van der Waals surface area contributed by atoms with Gasteiger partial charge in [0.15, 0.2) is 0 Å². The van der Waals surface area contributed by atoms with Crippen LogP contribution in [0.5, 0.6) is 0 Å². The molecule has 4 amide bonds. The van der Waals surface area contributed by atoms with Gasteiger partial charge in [0.1, 0.15) is 6.42 Å². The molecule has 0 aromatic heterocycles. The lowest BCUT2D eigenvalue weighted by molar-refractivity contribution is -0.143. The highest BCUT2D eigenvalue weighted by atomic mass is 35.5. The van der Waals surface area contributed by atoms with Crippen LogP contribution in [-0.4, -0.2) is 40.7 Å². The van der Waals surface area contributed by atoms with Gasteiger partial charge in [-0.3, -0.25) is 19.4 Å². The van der Waals surface area contributed by atoms with Crippen LogP contribution in [-0.2, 0) is 21.4 Å². The van der Waals surface area contributed by atoms with Crippen molar-refractivity contribution >= 4 is 29.4 Å². The van der Waals surface area contributed by atoms with Gasteiger partial charge >= 0.3 is 6.03 Å². The van der Waals surface area contributed by atoms with Crippen molar-refractivity contribution in [3.05, 3.63) is 70.2 Å². The van der Waals surface area contributed by atoms with Gasteiger partial charge in [0.05, 0.1) is 0 Å². The third kappa shape index (κ3) is 5.71. The molecule has 0 unspecified atom stereocenters. The van der Waals surface area contributed by atoms with E-state index < -0.39 is 62.0 Å². The van der Waals surface area contributed by atoms with E-state index >= 15 is 0 Å². The van der Waals surface area contributed by atoms with E-state index in [0.29, 0.717) is 9.80 Å². The molecule has 2 aromatic rings. The van der Waals surface area contributed by atoms with Crippen LogP contribution in [0.3, 0.4) is 0 Å². The van der Waals surface area contributed by atoms with Crippen molar-refractivity contribution in [3.8, 4) is 0 Å². The predicted molar refractivity (Wildman–Crippen MR) is 113 cm³/mol. The Labute approximate surface area is 192 Å². The van der Waals surface area contributed by atoms with Gasteiger partial charge in [-0.1, -0.05) is 53.6 Å². The van der Waals surface area contributed by atoms with E-state index in [4.69, 9.17) is 11.6 Å². The minimum atomic E-state index is -3.38. The van der Waals surface area contributed by atoms with E-state index in [-0.39, 0.29) is 16.1 Å². The predicted octanol–water partition coefficient (Wildman–Crippen LogP) is 5.49. The number of imide groups is 2. The zero-order chi connectivity index (χ0) is 24.4. The highest BCUT2D eigenvalue weighted by Gasteiger charge is 2.42. The summed E-state index contributed by atoms with van der Waals surface area (Å²) in [6.07, 6.45) is -2.52. The van der Waals surface area contributed by atoms with Crippen LogP contribution in [0, 0.1) is 6.92 Å². The Morgan fingerprint density at radius 1 is 0.758 bits per heavy atom. The molecule has 1 aliphatic rings. The SMILES string of the molecule is Cc1ccc(C(F)(F)CCN2C(=O)CC(=O)N(CCC(F)(F)c3ccc(Cl)cc3)C2=O)cc1. The first-order valence-electron chi connectivity index (χ1n) is 10.1. The molecule has 3 rings (SSSR count). The zero-order valence-electron chi connectivity index (χ0n) is 17.7. The average molecular weight is 485 g/mol. The molecule has 0 radical (unpaired) electrons. The normalized spacial score (nSPS) is 15.4. The number of carbonyl (C=O) groups excluding carboxylic acids is 3. The van der Waals surface area contributed by atoms with Gasteiger partial charge in [-0.05, 0) is 19.1 Å². The number of urea groups is 1. The number of amides is 4. The third-order valence-corrected chi connectivity index (χ3v) is 5.66. The van der Waals surface area contributed by atoms with Gasteiger partial charge in [-0.25, -0.2) is 22.4 Å². The first kappa shape index (κ1) is 24.7. The Morgan fingerprint density at radius 2 is 1.15 bits per heavy atom. The van der Waals surface area contributed by atoms with Crippen LogP contribution < -0.4 is 0 Å². The summed E-state index contributed by atoms with van der Waals surface area (Å²) < 4.78 is 58.1. The summed E-state index contributed by atoms with van der Waals surface area (Å²) in [6.45, 7) is 0.413. The Morgan fingerprint density at radius 3 is 1.58 bits per heavy atom. The highest BCUT2D eigenvalue weighted by molar-refractivity contribution is 6.30. The second-order valence-electron chi connectivity index (χ2n) is 7.83. The molecule has 0 atom stereocenters. The molecule has 1 heterocycles. The molecular formula is C23H21ClF4N2O3. The number of rotatable bonds is 8. The number of barbiturate groups is 1. The lowest BCUT2D eigenvalue weighted by Gasteiger charge is -2.34. The van der Waals surface area contributed by atoms with Crippen LogP contribution >= 0.6 is 11.6 Å². The van der Waals surface area contributed by atoms with Crippen molar-refractivity contribution in [2.75, 3.05) is 13.1 Å². The molecular weight excluding hydrogens is 464 g/mol. The molecule has 0 spiro atoms. The van der Waals surface area contributed by atoms with E-state index in [1.54, 1.807) is 6.92 Å². The topological polar surface area (TPSA) is 57.7 Å². The fraction of sp³-hybridized carbons (Fsp3) is 0.348. The lowest BCUT2D eigenvalue weighted by atomic mass is 10.0. The number of aryl methyl sites for hydroxylation is 1. The van der Waals surface area contributed by atoms with E-state index in [9.17, 15) is 31.9 Å². The van der Waals surface area contributed by atoms with Crippen molar-refractivity contribution in [1.82, 2.24) is 9.80 Å². The maximum absolute atomic E-state index is 14.6. The van der Waals surface area contributed by atoms with E-state index in [1.165, 1.54) is 36.4 Å². The van der Waals surface area contributed by atoms with Gasteiger partial charge in [-0.2, -0.15) is 0 Å². The average Bonchev–Trinajstić information content (AvgIpc) is 2.73. The van der Waals surface area contributed by atoms with Crippen molar-refractivity contribution in [1.29, 1.82) is 0 Å². The molecule has 1 fully saturated rings. The van der Waals surface area contributed by atoms with Crippen molar-refractivity contribution in [3.63, 3.8) is 0 Å². The molecule has 176 valence electrons. The first-order chi connectivity index (χ1) is 15.4. The maximum atomic E-state index is 14.6. The standard InChI is InChI=1S/C23H21ClF4N2O3/c1-15-2-4-16(5-3-15)22(25,26)10-12-29-19(31)14-20(32)30(21(29)33)13-11-23(27,28)17-6-8-18(24)9-7-17/h2-9H,10-14H2,1H3. The number of nitrogens with zero attached hydrogens (tertiary/aromatic N) is 2. The van der Waals surface area contributed by atoms with Crippen LogP contribution in [0.4, 0.5) is 22.4 Å². The summed E-state index contributed by atoms with van der Waals surface area (Å²) in [5.41, 5.74) is 0.163. The van der Waals surface area contributed by atoms with Crippen LogP contribution in [0.15, 0.2) is 48.5 Å². The maximum Gasteiger partial charge on any atom is 0.333 e. The van der Waals surface area contributed by atoms with Crippen LogP contribution in [0.2, 0.25) is 5.02 Å². The lowest BCUT2D eigenvalue weighted by Crippen LogP contribution is -2.56. The molecule has 10 heteroatoms. The van der Waals surface area contributed by atoms with Crippen molar-refractivity contribution < 1.29 is 31.9 Å². The fourth-order valence-corrected chi connectivity index (χ4v) is 3.53. The number of alkyl halides is 4. The summed E-state index contributed by atoms with van der Waals surface area (Å²) in [5.74, 6) is -8.60. The molecule has 0 aliphatic carbocycles. The van der Waals surface area contributed by atoms with Gasteiger partial charge in [-0.15, -0.1) is 0 Å². The number of carbonyl (C=O) groups is 3. The monoisotopic (exact) mass is 484 g/mol. The number of hydrogen-bond donors (Lipinski definition) is 0. The van der Waals surface area contributed by atoms with Crippen LogP contribution in [0.25, 0.3) is 0 Å². The van der Waals surface area contributed by atoms with Crippen molar-refractivity contribution in [2.45, 2.75) is 38.0 Å². The number of hydrogen-bond acceptors (Lipinski definition) is 3. The smallest absolute Gasteiger partial charge is 0.274 e. The Kier molecular flexibility index (Phi) is 7.11. The fourth-order valence-electron chi connectivity index (χ4n) is 3.40. The summed E-state index contributed by atoms with van der Waals surface area (Å²) in [4.78, 5) is 38.0. The molecule has 0 bridgehead atoms. The molecule has 0 N–H and O–H groups in total. The summed E-state index contributed by atoms with van der Waals surface area (Å²) in [5, 5.41) is 0.271. The zero-order valence-corrected chi connectivity index (χ0v) is 18.4. The molecule has 33 heavy (non-hydrogen) atoms. The number of halogens is 5. The van der Waals surface area contributed by atoms with Gasteiger partial charge in [0.2, 0.25) is 11.8 Å². The largest absolute Gasteiger partial charge is 0.333 e. The molecule has 5 nitrogen and oxygen atoms in total. The molecule has 1 saturated heterocycles. The summed E-state index contributed by atoms with van der Waals surface area (Å²) in [6, 6.07) is 9.20. The van der Waals surface area contributed by atoms with Crippen LogP contribution in [0.1, 0.15) is 36.0 Å². The first-order valence-corrected chi connectivity index (χ1v) is 10.5. The molecule has 1 aliphatic heterocycles. The molecule has 2 aromatic carbocycles. The summed E-state index contributed by atoms with van der Waals surface area (Å²) >= 11 is 5.70. The second kappa shape index (κ2) is 9.51. The minimum Gasteiger partial charge on any atom is -0.274 e. The Balaban J connectivity index is 1.67. The second-order valence-corrected chi connectivity index (χ2v) is 8.27. The van der Waals surface area contributed by atoms with E-state index in [2.05, 4.69) is 0 Å². The van der Waals surface area contributed by atoms with Gasteiger partial charge in [0, 0.05) is 42.1 Å². The number of benzene rings is 2. The quantitative estimate of drug-likeness (QED) is 0.367.